The fourth-order valence-corrected chi connectivity index (χ4v) is 4.62. The van der Waals surface area contributed by atoms with Gasteiger partial charge in [-0.3, -0.25) is 9.69 Å². The number of nitrogens with one attached hydrogen (secondary N) is 1. The number of methoxy groups -OCH3 is 1. The summed E-state index contributed by atoms with van der Waals surface area (Å²) in [5.74, 6) is 0.897. The minimum Gasteiger partial charge on any atom is -0.497 e. The second kappa shape index (κ2) is 12.2. The van der Waals surface area contributed by atoms with E-state index in [4.69, 9.17) is 9.47 Å². The van der Waals surface area contributed by atoms with E-state index in [1.54, 1.807) is 7.11 Å². The molecule has 0 aromatic heterocycles. The van der Waals surface area contributed by atoms with Crippen molar-refractivity contribution >= 4 is 5.91 Å². The molecule has 0 spiro atoms. The molecule has 1 aliphatic rings. The number of likely N-dealkylation sites (tertiary alicyclic amines) is 1. The number of nitrogens with zero attached hydrogens (tertiary/aromatic N) is 1. The highest BCUT2D eigenvalue weighted by molar-refractivity contribution is 5.87. The van der Waals surface area contributed by atoms with Gasteiger partial charge in [0.2, 0.25) is 0 Å². The molecule has 5 heteroatoms. The number of benzene rings is 2. The Morgan fingerprint density at radius 2 is 1.76 bits per heavy atom. The second-order valence-corrected chi connectivity index (χ2v) is 9.33. The Morgan fingerprint density at radius 1 is 1.09 bits per heavy atom. The predicted octanol–water partition coefficient (Wildman–Crippen LogP) is 5.14. The van der Waals surface area contributed by atoms with Crippen LogP contribution >= 0.6 is 0 Å². The van der Waals surface area contributed by atoms with Crippen LogP contribution < -0.4 is 10.1 Å². The Bertz CT molecular complexity index is 845. The quantitative estimate of drug-likeness (QED) is 0.480. The monoisotopic (exact) mass is 452 g/mol. The second-order valence-electron chi connectivity index (χ2n) is 9.33. The summed E-state index contributed by atoms with van der Waals surface area (Å²) in [5, 5.41) is 3.36. The molecule has 2 aromatic carbocycles. The van der Waals surface area contributed by atoms with Gasteiger partial charge in [0, 0.05) is 32.3 Å². The summed E-state index contributed by atoms with van der Waals surface area (Å²) in [4.78, 5) is 16.2. The first-order chi connectivity index (χ1) is 16.0. The van der Waals surface area contributed by atoms with E-state index < -0.39 is 5.60 Å². The molecule has 0 radical (unpaired) electrons. The Balaban J connectivity index is 1.63. The summed E-state index contributed by atoms with van der Waals surface area (Å²) >= 11 is 0. The van der Waals surface area contributed by atoms with Crippen molar-refractivity contribution in [1.82, 2.24) is 10.2 Å². The van der Waals surface area contributed by atoms with Crippen molar-refractivity contribution < 1.29 is 14.3 Å². The molecule has 1 amide bonds. The van der Waals surface area contributed by atoms with E-state index in [9.17, 15) is 4.79 Å². The maximum absolute atomic E-state index is 13.7. The third-order valence-corrected chi connectivity index (χ3v) is 6.67. The highest BCUT2D eigenvalue weighted by Gasteiger charge is 2.45. The summed E-state index contributed by atoms with van der Waals surface area (Å²) in [6.45, 7) is 9.73. The molecular formula is C28H40N2O3. The lowest BCUT2D eigenvalue weighted by Gasteiger charge is -2.39. The van der Waals surface area contributed by atoms with Gasteiger partial charge < -0.3 is 14.8 Å². The minimum atomic E-state index is -0.962. The number of rotatable bonds is 11. The normalized spacial score (nSPS) is 17.0. The first-order valence-electron chi connectivity index (χ1n) is 12.3. The van der Waals surface area contributed by atoms with Crippen molar-refractivity contribution in [1.29, 1.82) is 0 Å². The van der Waals surface area contributed by atoms with Crippen molar-refractivity contribution in [2.45, 2.75) is 64.6 Å². The Labute approximate surface area is 199 Å². The van der Waals surface area contributed by atoms with Gasteiger partial charge in [-0.05, 0) is 48.4 Å². The van der Waals surface area contributed by atoms with Gasteiger partial charge in [0.05, 0.1) is 7.11 Å². The standard InChI is InChI=1S/C28H40N2O3/c1-5-6-20-33-28(22(2)3,24-10-8-7-9-11-24)27(31)29-25-16-18-30(19-17-25)21-23-12-14-26(32-4)15-13-23/h7-15,22,25H,5-6,16-21H2,1-4H3,(H,29,31). The van der Waals surface area contributed by atoms with Gasteiger partial charge in [-0.2, -0.15) is 0 Å². The number of hydrogen-bond acceptors (Lipinski definition) is 4. The topological polar surface area (TPSA) is 50.8 Å². The molecule has 33 heavy (non-hydrogen) atoms. The molecule has 2 aromatic rings. The van der Waals surface area contributed by atoms with Gasteiger partial charge >= 0.3 is 0 Å². The molecular weight excluding hydrogens is 412 g/mol. The van der Waals surface area contributed by atoms with Gasteiger partial charge in [0.1, 0.15) is 5.75 Å². The molecule has 3 rings (SSSR count). The zero-order valence-electron chi connectivity index (χ0n) is 20.7. The van der Waals surface area contributed by atoms with E-state index in [0.717, 1.165) is 56.6 Å². The molecule has 0 bridgehead atoms. The number of hydrogen-bond donors (Lipinski definition) is 1. The van der Waals surface area contributed by atoms with Crippen molar-refractivity contribution in [3.63, 3.8) is 0 Å². The largest absolute Gasteiger partial charge is 0.497 e. The molecule has 0 aliphatic carbocycles. The smallest absolute Gasteiger partial charge is 0.257 e. The van der Waals surface area contributed by atoms with Gasteiger partial charge in [0.15, 0.2) is 5.60 Å². The van der Waals surface area contributed by atoms with Crippen LogP contribution in [-0.4, -0.2) is 43.7 Å². The van der Waals surface area contributed by atoms with E-state index in [0.29, 0.717) is 6.61 Å². The number of amides is 1. The molecule has 1 unspecified atom stereocenters. The zero-order valence-corrected chi connectivity index (χ0v) is 20.7. The molecule has 1 saturated heterocycles. The number of unbranched alkanes of at least 4 members (excludes halogenated alkanes) is 1. The predicted molar refractivity (Wildman–Crippen MR) is 133 cm³/mol. The number of piperidine rings is 1. The lowest BCUT2D eigenvalue weighted by Crippen LogP contribution is -2.54. The van der Waals surface area contributed by atoms with Crippen molar-refractivity contribution in [3.05, 3.63) is 65.7 Å². The Kier molecular flexibility index (Phi) is 9.33. The SMILES string of the molecule is CCCCOC(C(=O)NC1CCN(Cc2ccc(OC)cc2)CC1)(c1ccccc1)C(C)C. The lowest BCUT2D eigenvalue weighted by atomic mass is 9.81. The van der Waals surface area contributed by atoms with Crippen LogP contribution in [0.1, 0.15) is 57.6 Å². The number of carbonyl (C=O) groups excluding carboxylic acids is 1. The number of carbonyl (C=O) groups is 1. The molecule has 1 aliphatic heterocycles. The zero-order chi connectivity index (χ0) is 23.7. The van der Waals surface area contributed by atoms with Crippen LogP contribution in [0.5, 0.6) is 5.75 Å². The van der Waals surface area contributed by atoms with E-state index in [1.165, 1.54) is 5.56 Å². The van der Waals surface area contributed by atoms with Crippen LogP contribution in [0.4, 0.5) is 0 Å². The van der Waals surface area contributed by atoms with Crippen LogP contribution in [0.2, 0.25) is 0 Å². The molecule has 0 saturated carbocycles. The first kappa shape index (κ1) is 25.3. The maximum Gasteiger partial charge on any atom is 0.257 e. The summed E-state index contributed by atoms with van der Waals surface area (Å²) in [5.41, 5.74) is 1.26. The molecule has 1 atom stereocenters. The fourth-order valence-electron chi connectivity index (χ4n) is 4.62. The molecule has 1 fully saturated rings. The lowest BCUT2D eigenvalue weighted by molar-refractivity contribution is -0.158. The van der Waals surface area contributed by atoms with Gasteiger partial charge in [-0.25, -0.2) is 0 Å². The van der Waals surface area contributed by atoms with Crippen LogP contribution in [0.15, 0.2) is 54.6 Å². The van der Waals surface area contributed by atoms with Crippen molar-refractivity contribution in [3.8, 4) is 5.75 Å². The number of ether oxygens (including phenoxy) is 2. The average Bonchev–Trinajstić information content (AvgIpc) is 2.84. The summed E-state index contributed by atoms with van der Waals surface area (Å²) in [6, 6.07) is 18.4. The minimum absolute atomic E-state index is 0.00610. The maximum atomic E-state index is 13.7. The highest BCUT2D eigenvalue weighted by Crippen LogP contribution is 2.35. The molecule has 1 N–H and O–H groups in total. The third-order valence-electron chi connectivity index (χ3n) is 6.67. The molecule has 5 nitrogen and oxygen atoms in total. The van der Waals surface area contributed by atoms with Gasteiger partial charge in [-0.15, -0.1) is 0 Å². The van der Waals surface area contributed by atoms with Crippen molar-refractivity contribution in [2.75, 3.05) is 26.8 Å². The van der Waals surface area contributed by atoms with E-state index in [-0.39, 0.29) is 17.9 Å². The first-order valence-corrected chi connectivity index (χ1v) is 12.3. The van der Waals surface area contributed by atoms with E-state index >= 15 is 0 Å². The van der Waals surface area contributed by atoms with Crippen LogP contribution in [0.25, 0.3) is 0 Å². The average molecular weight is 453 g/mol. The highest BCUT2D eigenvalue weighted by atomic mass is 16.5. The third kappa shape index (κ3) is 6.36. The Morgan fingerprint density at radius 3 is 2.33 bits per heavy atom. The fraction of sp³-hybridized carbons (Fsp3) is 0.536. The van der Waals surface area contributed by atoms with Crippen molar-refractivity contribution in [2.24, 2.45) is 5.92 Å². The Hall–Kier alpha value is -2.37. The van der Waals surface area contributed by atoms with E-state index in [1.807, 2.05) is 42.5 Å². The van der Waals surface area contributed by atoms with Crippen LogP contribution in [0.3, 0.4) is 0 Å². The summed E-state index contributed by atoms with van der Waals surface area (Å²) in [6.07, 6.45) is 3.87. The van der Waals surface area contributed by atoms with Crippen LogP contribution in [0, 0.1) is 5.92 Å². The molecule has 180 valence electrons. The van der Waals surface area contributed by atoms with Gasteiger partial charge in [0.25, 0.3) is 5.91 Å². The van der Waals surface area contributed by atoms with Crippen LogP contribution in [-0.2, 0) is 21.7 Å². The summed E-state index contributed by atoms with van der Waals surface area (Å²) in [7, 11) is 1.69. The van der Waals surface area contributed by atoms with Gasteiger partial charge in [-0.1, -0.05) is 69.7 Å². The van der Waals surface area contributed by atoms with E-state index in [2.05, 4.69) is 43.1 Å². The molecule has 1 heterocycles. The summed E-state index contributed by atoms with van der Waals surface area (Å²) < 4.78 is 11.7.